The summed E-state index contributed by atoms with van der Waals surface area (Å²) in [5, 5.41) is 4.51. The van der Waals surface area contributed by atoms with Gasteiger partial charge in [0.25, 0.3) is 5.91 Å². The lowest BCUT2D eigenvalue weighted by molar-refractivity contribution is -0.153. The first-order valence-electron chi connectivity index (χ1n) is 9.04. The predicted molar refractivity (Wildman–Crippen MR) is 98.3 cm³/mol. The monoisotopic (exact) mass is 351 g/mol. The average Bonchev–Trinajstić information content (AvgIpc) is 2.71. The summed E-state index contributed by atoms with van der Waals surface area (Å²) in [6.45, 7) is 16.5. The Balaban J connectivity index is 2.69. The number of carbonyl (C=O) groups is 2. The molecule has 1 rings (SSSR count). The second-order valence-corrected chi connectivity index (χ2v) is 7.55. The van der Waals surface area contributed by atoms with E-state index in [0.29, 0.717) is 5.92 Å². The lowest BCUT2D eigenvalue weighted by atomic mass is 10.1. The second-order valence-electron chi connectivity index (χ2n) is 7.55. The van der Waals surface area contributed by atoms with Gasteiger partial charge in [-0.2, -0.15) is 5.10 Å². The molecule has 0 unspecified atom stereocenters. The number of aromatic nitrogens is 2. The van der Waals surface area contributed by atoms with Crippen molar-refractivity contribution in [3.8, 4) is 0 Å². The molecule has 6 heteroatoms. The highest BCUT2D eigenvalue weighted by Gasteiger charge is 2.22. The van der Waals surface area contributed by atoms with Crippen LogP contribution in [0.25, 0.3) is 0 Å². The number of aryl methyl sites for hydroxylation is 1. The maximum Gasteiger partial charge on any atom is 0.310 e. The molecule has 0 N–H and O–H groups in total. The molecule has 0 radical (unpaired) electrons. The molecular formula is C19H33N3O3. The van der Waals surface area contributed by atoms with Gasteiger partial charge in [-0.3, -0.25) is 14.3 Å². The van der Waals surface area contributed by atoms with Gasteiger partial charge in [0.1, 0.15) is 0 Å². The minimum absolute atomic E-state index is 0.0740. The maximum atomic E-state index is 12.3. The van der Waals surface area contributed by atoms with Crippen LogP contribution in [0.1, 0.15) is 58.5 Å². The molecule has 1 aromatic heterocycles. The average molecular weight is 351 g/mol. The minimum atomic E-state index is -0.392. The molecule has 1 amide bonds. The number of hydrogen-bond acceptors (Lipinski definition) is 4. The van der Waals surface area contributed by atoms with Gasteiger partial charge in [0.15, 0.2) is 6.61 Å². The number of carbonyl (C=O) groups excluding carboxylic acids is 2. The van der Waals surface area contributed by atoms with E-state index in [1.807, 2.05) is 46.2 Å². The molecule has 1 aromatic rings. The van der Waals surface area contributed by atoms with Crippen LogP contribution in [0, 0.1) is 19.8 Å². The van der Waals surface area contributed by atoms with Crippen LogP contribution in [0.4, 0.5) is 0 Å². The molecule has 0 bridgehead atoms. The first-order chi connectivity index (χ1) is 11.5. The van der Waals surface area contributed by atoms with Gasteiger partial charge in [0.05, 0.1) is 12.1 Å². The van der Waals surface area contributed by atoms with Crippen molar-refractivity contribution >= 4 is 11.9 Å². The molecule has 1 heterocycles. The van der Waals surface area contributed by atoms with E-state index in [0.717, 1.165) is 23.5 Å². The summed E-state index contributed by atoms with van der Waals surface area (Å²) >= 11 is 0. The maximum absolute atomic E-state index is 12.3. The minimum Gasteiger partial charge on any atom is -0.455 e. The van der Waals surface area contributed by atoms with Crippen LogP contribution in [-0.2, 0) is 27.3 Å². The Morgan fingerprint density at radius 2 is 1.64 bits per heavy atom. The number of nitrogens with zero attached hydrogens (tertiary/aromatic N) is 3. The van der Waals surface area contributed by atoms with Gasteiger partial charge in [0.2, 0.25) is 0 Å². The van der Waals surface area contributed by atoms with Gasteiger partial charge in [-0.1, -0.05) is 13.8 Å². The lowest BCUT2D eigenvalue weighted by Crippen LogP contribution is -2.44. The Morgan fingerprint density at radius 1 is 1.08 bits per heavy atom. The third kappa shape index (κ3) is 5.87. The predicted octanol–water partition coefficient (Wildman–Crippen LogP) is 2.89. The van der Waals surface area contributed by atoms with Gasteiger partial charge in [-0.15, -0.1) is 0 Å². The van der Waals surface area contributed by atoms with Crippen LogP contribution in [0.2, 0.25) is 0 Å². The number of amides is 1. The summed E-state index contributed by atoms with van der Waals surface area (Å²) in [6, 6.07) is 0.148. The van der Waals surface area contributed by atoms with E-state index in [1.54, 1.807) is 4.90 Å². The van der Waals surface area contributed by atoms with Gasteiger partial charge in [0, 0.05) is 29.9 Å². The first kappa shape index (κ1) is 21.2. The summed E-state index contributed by atoms with van der Waals surface area (Å²) in [7, 11) is 0. The molecule has 0 aromatic carbocycles. The highest BCUT2D eigenvalue weighted by atomic mass is 16.5. The van der Waals surface area contributed by atoms with Crippen LogP contribution in [0.5, 0.6) is 0 Å². The summed E-state index contributed by atoms with van der Waals surface area (Å²) in [5.74, 6) is -0.0770. The van der Waals surface area contributed by atoms with Crippen molar-refractivity contribution in [3.63, 3.8) is 0 Å². The zero-order valence-electron chi connectivity index (χ0n) is 16.9. The molecule has 6 nitrogen and oxygen atoms in total. The van der Waals surface area contributed by atoms with Crippen LogP contribution in [0.3, 0.4) is 0 Å². The van der Waals surface area contributed by atoms with E-state index in [1.165, 1.54) is 0 Å². The standard InChI is InChI=1S/C19H33N3O3/c1-12(2)10-21-16(8)17(15(7)20-21)9-19(24)25-11-18(23)22(13(3)4)14(5)6/h12-14H,9-11H2,1-8H3. The van der Waals surface area contributed by atoms with Crippen molar-refractivity contribution in [1.29, 1.82) is 0 Å². The molecule has 0 aliphatic carbocycles. The van der Waals surface area contributed by atoms with Crippen LogP contribution < -0.4 is 0 Å². The van der Waals surface area contributed by atoms with Crippen molar-refractivity contribution < 1.29 is 14.3 Å². The Morgan fingerprint density at radius 3 is 2.12 bits per heavy atom. The van der Waals surface area contributed by atoms with Crippen molar-refractivity contribution in [3.05, 3.63) is 17.0 Å². The van der Waals surface area contributed by atoms with Crippen molar-refractivity contribution in [2.45, 2.75) is 80.4 Å². The SMILES string of the molecule is Cc1nn(CC(C)C)c(C)c1CC(=O)OCC(=O)N(C(C)C)C(C)C. The molecule has 0 fully saturated rings. The topological polar surface area (TPSA) is 64.4 Å². The Hall–Kier alpha value is -1.85. The summed E-state index contributed by atoms with van der Waals surface area (Å²) in [6.07, 6.45) is 0.145. The Labute approximate surface area is 151 Å². The zero-order chi connectivity index (χ0) is 19.3. The van der Waals surface area contributed by atoms with Gasteiger partial charge in [-0.05, 0) is 47.5 Å². The Bertz CT molecular complexity index is 595. The van der Waals surface area contributed by atoms with Gasteiger partial charge in [-0.25, -0.2) is 0 Å². The van der Waals surface area contributed by atoms with Crippen molar-refractivity contribution in [1.82, 2.24) is 14.7 Å². The molecule has 25 heavy (non-hydrogen) atoms. The normalized spacial score (nSPS) is 11.5. The van der Waals surface area contributed by atoms with E-state index in [2.05, 4.69) is 18.9 Å². The third-order valence-electron chi connectivity index (χ3n) is 4.15. The largest absolute Gasteiger partial charge is 0.455 e. The van der Waals surface area contributed by atoms with E-state index < -0.39 is 5.97 Å². The molecule has 0 saturated heterocycles. The van der Waals surface area contributed by atoms with Gasteiger partial charge < -0.3 is 9.64 Å². The fraction of sp³-hybridized carbons (Fsp3) is 0.737. The summed E-state index contributed by atoms with van der Waals surface area (Å²) in [5.41, 5.74) is 2.72. The number of hydrogen-bond donors (Lipinski definition) is 0. The molecule has 142 valence electrons. The third-order valence-corrected chi connectivity index (χ3v) is 4.15. The van der Waals surface area contributed by atoms with E-state index in [9.17, 15) is 9.59 Å². The van der Waals surface area contributed by atoms with Crippen molar-refractivity contribution in [2.24, 2.45) is 5.92 Å². The highest BCUT2D eigenvalue weighted by Crippen LogP contribution is 2.16. The fourth-order valence-electron chi connectivity index (χ4n) is 3.10. The highest BCUT2D eigenvalue weighted by molar-refractivity contribution is 5.81. The van der Waals surface area contributed by atoms with E-state index >= 15 is 0 Å². The molecule has 0 atom stereocenters. The second kappa shape index (κ2) is 9.02. The number of rotatable bonds is 8. The smallest absolute Gasteiger partial charge is 0.310 e. The first-order valence-corrected chi connectivity index (χ1v) is 9.04. The number of esters is 1. The Kier molecular flexibility index (Phi) is 7.64. The summed E-state index contributed by atoms with van der Waals surface area (Å²) in [4.78, 5) is 26.2. The van der Waals surface area contributed by atoms with Crippen molar-refractivity contribution in [2.75, 3.05) is 6.61 Å². The molecule has 0 spiro atoms. The molecule has 0 saturated carbocycles. The van der Waals surface area contributed by atoms with E-state index in [4.69, 9.17) is 4.74 Å². The van der Waals surface area contributed by atoms with E-state index in [-0.39, 0.29) is 31.0 Å². The fourth-order valence-corrected chi connectivity index (χ4v) is 3.10. The molecule has 0 aliphatic rings. The summed E-state index contributed by atoms with van der Waals surface area (Å²) < 4.78 is 7.16. The quantitative estimate of drug-likeness (QED) is 0.676. The lowest BCUT2D eigenvalue weighted by Gasteiger charge is -2.30. The van der Waals surface area contributed by atoms with Crippen LogP contribution >= 0.6 is 0 Å². The van der Waals surface area contributed by atoms with Gasteiger partial charge >= 0.3 is 5.97 Å². The number of ether oxygens (including phenoxy) is 1. The zero-order valence-corrected chi connectivity index (χ0v) is 16.9. The molecular weight excluding hydrogens is 318 g/mol. The molecule has 0 aliphatic heterocycles. The van der Waals surface area contributed by atoms with Crippen LogP contribution in [-0.4, -0.2) is 45.2 Å². The van der Waals surface area contributed by atoms with Crippen LogP contribution in [0.15, 0.2) is 0 Å².